The number of hydrogen-bond acceptors (Lipinski definition) is 3. The van der Waals surface area contributed by atoms with E-state index >= 15 is 0 Å². The first kappa shape index (κ1) is 14.2. The number of ether oxygens (including phenoxy) is 1. The summed E-state index contributed by atoms with van der Waals surface area (Å²) in [4.78, 5) is 0. The van der Waals surface area contributed by atoms with Gasteiger partial charge in [-0.2, -0.15) is 11.8 Å². The highest BCUT2D eigenvalue weighted by molar-refractivity contribution is 9.10. The molecule has 0 aliphatic heterocycles. The Bertz CT molecular complexity index is 420. The van der Waals surface area contributed by atoms with Crippen molar-refractivity contribution in [3.05, 3.63) is 28.2 Å². The van der Waals surface area contributed by atoms with Crippen LogP contribution in [0.4, 0.5) is 0 Å². The highest BCUT2D eigenvalue weighted by Gasteiger charge is 2.41. The molecule has 1 aromatic carbocycles. The minimum atomic E-state index is 0.372. The summed E-state index contributed by atoms with van der Waals surface area (Å²) < 4.78 is 6.78. The molecule has 1 aromatic rings. The van der Waals surface area contributed by atoms with Crippen molar-refractivity contribution >= 4 is 27.7 Å². The number of benzene rings is 1. The molecule has 2 rings (SSSR count). The summed E-state index contributed by atoms with van der Waals surface area (Å²) >= 11 is 5.53. The summed E-state index contributed by atoms with van der Waals surface area (Å²) in [5.74, 6) is 0.883. The van der Waals surface area contributed by atoms with E-state index in [9.17, 15) is 0 Å². The van der Waals surface area contributed by atoms with Gasteiger partial charge in [0.15, 0.2) is 0 Å². The van der Waals surface area contributed by atoms with Gasteiger partial charge in [0.2, 0.25) is 0 Å². The highest BCUT2D eigenvalue weighted by atomic mass is 79.9. The SMILES string of the molecule is COc1ccc(C(C)NCC2(SC)CC2)cc1Br. The lowest BCUT2D eigenvalue weighted by Crippen LogP contribution is -2.28. The molecular formula is C14H20BrNOS. The smallest absolute Gasteiger partial charge is 0.133 e. The molecule has 1 saturated carbocycles. The lowest BCUT2D eigenvalue weighted by atomic mass is 10.1. The number of nitrogens with one attached hydrogen (secondary N) is 1. The van der Waals surface area contributed by atoms with Crippen LogP contribution in [0.15, 0.2) is 22.7 Å². The molecule has 1 aliphatic carbocycles. The van der Waals surface area contributed by atoms with E-state index in [0.29, 0.717) is 10.8 Å². The molecule has 1 aliphatic rings. The van der Waals surface area contributed by atoms with Crippen LogP contribution >= 0.6 is 27.7 Å². The molecule has 18 heavy (non-hydrogen) atoms. The molecule has 0 amide bonds. The molecule has 4 heteroatoms. The molecule has 1 N–H and O–H groups in total. The molecule has 0 saturated heterocycles. The van der Waals surface area contributed by atoms with Gasteiger partial charge in [0.1, 0.15) is 5.75 Å². The number of rotatable bonds is 6. The van der Waals surface area contributed by atoms with Gasteiger partial charge >= 0.3 is 0 Å². The number of halogens is 1. The first-order chi connectivity index (χ1) is 8.60. The minimum Gasteiger partial charge on any atom is -0.496 e. The monoisotopic (exact) mass is 329 g/mol. The topological polar surface area (TPSA) is 21.3 Å². The quantitative estimate of drug-likeness (QED) is 0.852. The third-order valence-corrected chi connectivity index (χ3v) is 5.69. The van der Waals surface area contributed by atoms with Crippen LogP contribution in [0.25, 0.3) is 0 Å². The molecule has 1 fully saturated rings. The summed E-state index contributed by atoms with van der Waals surface area (Å²) in [5.41, 5.74) is 1.29. The minimum absolute atomic E-state index is 0.372. The van der Waals surface area contributed by atoms with E-state index in [2.05, 4.69) is 46.6 Å². The van der Waals surface area contributed by atoms with Crippen molar-refractivity contribution in [2.24, 2.45) is 0 Å². The van der Waals surface area contributed by atoms with Gasteiger partial charge in [-0.15, -0.1) is 0 Å². The first-order valence-electron chi connectivity index (χ1n) is 6.22. The fraction of sp³-hybridized carbons (Fsp3) is 0.571. The van der Waals surface area contributed by atoms with Crippen molar-refractivity contribution in [3.63, 3.8) is 0 Å². The standard InChI is InChI=1S/C14H20BrNOS/c1-10(16-9-14(18-3)6-7-14)11-4-5-13(17-2)12(15)8-11/h4-5,8,10,16H,6-7,9H2,1-3H3. The van der Waals surface area contributed by atoms with Crippen LogP contribution < -0.4 is 10.1 Å². The Labute approximate surface area is 122 Å². The Morgan fingerprint density at radius 3 is 2.72 bits per heavy atom. The van der Waals surface area contributed by atoms with Crippen LogP contribution in [0.2, 0.25) is 0 Å². The first-order valence-corrected chi connectivity index (χ1v) is 8.24. The van der Waals surface area contributed by atoms with E-state index in [1.807, 2.05) is 17.8 Å². The average Bonchev–Trinajstić information content (AvgIpc) is 3.16. The van der Waals surface area contributed by atoms with Gasteiger partial charge in [-0.1, -0.05) is 6.07 Å². The zero-order chi connectivity index (χ0) is 13.2. The predicted molar refractivity (Wildman–Crippen MR) is 82.6 cm³/mol. The van der Waals surface area contributed by atoms with Crippen molar-refractivity contribution in [3.8, 4) is 5.75 Å². The number of thioether (sulfide) groups is 1. The van der Waals surface area contributed by atoms with E-state index < -0.39 is 0 Å². The molecule has 0 bridgehead atoms. The zero-order valence-corrected chi connectivity index (χ0v) is 13.5. The molecule has 1 unspecified atom stereocenters. The van der Waals surface area contributed by atoms with Crippen molar-refractivity contribution in [1.82, 2.24) is 5.32 Å². The van der Waals surface area contributed by atoms with Gasteiger partial charge in [0, 0.05) is 17.3 Å². The van der Waals surface area contributed by atoms with Gasteiger partial charge in [0.25, 0.3) is 0 Å². The van der Waals surface area contributed by atoms with Crippen molar-refractivity contribution in [2.45, 2.75) is 30.6 Å². The van der Waals surface area contributed by atoms with Crippen molar-refractivity contribution in [1.29, 1.82) is 0 Å². The lowest BCUT2D eigenvalue weighted by molar-refractivity contribution is 0.411. The van der Waals surface area contributed by atoms with E-state index in [4.69, 9.17) is 4.74 Å². The van der Waals surface area contributed by atoms with Crippen LogP contribution in [0.1, 0.15) is 31.4 Å². The molecule has 2 nitrogen and oxygen atoms in total. The fourth-order valence-corrected chi connectivity index (χ4v) is 3.30. The summed E-state index contributed by atoms with van der Waals surface area (Å²) in [6, 6.07) is 6.64. The lowest BCUT2D eigenvalue weighted by Gasteiger charge is -2.19. The third-order valence-electron chi connectivity index (χ3n) is 3.65. The molecular weight excluding hydrogens is 310 g/mol. The average molecular weight is 330 g/mol. The Kier molecular flexibility index (Phi) is 4.62. The molecule has 0 radical (unpaired) electrons. The second-order valence-electron chi connectivity index (χ2n) is 4.88. The summed E-state index contributed by atoms with van der Waals surface area (Å²) in [5, 5.41) is 3.63. The van der Waals surface area contributed by atoms with Crippen LogP contribution in [-0.4, -0.2) is 24.7 Å². The third kappa shape index (κ3) is 3.22. The molecule has 0 heterocycles. The van der Waals surface area contributed by atoms with Gasteiger partial charge in [-0.25, -0.2) is 0 Å². The summed E-state index contributed by atoms with van der Waals surface area (Å²) in [6.07, 6.45) is 4.91. The molecule has 0 spiro atoms. The molecule has 0 aromatic heterocycles. The Morgan fingerprint density at radius 1 is 1.50 bits per heavy atom. The van der Waals surface area contributed by atoms with E-state index in [-0.39, 0.29) is 0 Å². The summed E-state index contributed by atoms with van der Waals surface area (Å²) in [7, 11) is 1.69. The van der Waals surface area contributed by atoms with Gasteiger partial charge < -0.3 is 10.1 Å². The van der Waals surface area contributed by atoms with Gasteiger partial charge in [-0.05, 0) is 59.6 Å². The maximum absolute atomic E-state index is 5.25. The maximum atomic E-state index is 5.25. The Morgan fingerprint density at radius 2 is 2.22 bits per heavy atom. The Hall–Kier alpha value is -0.190. The summed E-state index contributed by atoms with van der Waals surface area (Å²) in [6.45, 7) is 3.31. The zero-order valence-electron chi connectivity index (χ0n) is 11.1. The van der Waals surface area contributed by atoms with Crippen LogP contribution in [0.5, 0.6) is 5.75 Å². The predicted octanol–water partition coefficient (Wildman–Crippen LogP) is 4.00. The molecule has 1 atom stereocenters. The number of hydrogen-bond donors (Lipinski definition) is 1. The van der Waals surface area contributed by atoms with Crippen LogP contribution in [0, 0.1) is 0 Å². The molecule has 100 valence electrons. The van der Waals surface area contributed by atoms with Crippen LogP contribution in [0.3, 0.4) is 0 Å². The van der Waals surface area contributed by atoms with Crippen molar-refractivity contribution < 1.29 is 4.74 Å². The van der Waals surface area contributed by atoms with Gasteiger partial charge in [0.05, 0.1) is 11.6 Å². The Balaban J connectivity index is 1.96. The van der Waals surface area contributed by atoms with Gasteiger partial charge in [-0.3, -0.25) is 0 Å². The normalized spacial score (nSPS) is 18.4. The fourth-order valence-electron chi connectivity index (χ4n) is 2.00. The van der Waals surface area contributed by atoms with E-state index in [1.54, 1.807) is 7.11 Å². The van der Waals surface area contributed by atoms with Crippen molar-refractivity contribution in [2.75, 3.05) is 19.9 Å². The second kappa shape index (κ2) is 5.85. The highest BCUT2D eigenvalue weighted by Crippen LogP contribution is 2.46. The van der Waals surface area contributed by atoms with E-state index in [1.165, 1.54) is 18.4 Å². The number of methoxy groups -OCH3 is 1. The maximum Gasteiger partial charge on any atom is 0.133 e. The van der Waals surface area contributed by atoms with Crippen LogP contribution in [-0.2, 0) is 0 Å². The van der Waals surface area contributed by atoms with E-state index in [0.717, 1.165) is 16.8 Å². The largest absolute Gasteiger partial charge is 0.496 e. The second-order valence-corrected chi connectivity index (χ2v) is 7.01.